The van der Waals surface area contributed by atoms with Gasteiger partial charge >= 0.3 is 6.09 Å². The van der Waals surface area contributed by atoms with Gasteiger partial charge in [-0.3, -0.25) is 0 Å². The summed E-state index contributed by atoms with van der Waals surface area (Å²) in [6.07, 6.45) is 2.89. The minimum absolute atomic E-state index is 0.188. The number of rotatable bonds is 1. The van der Waals surface area contributed by atoms with Crippen LogP contribution in [0.25, 0.3) is 0 Å². The van der Waals surface area contributed by atoms with Gasteiger partial charge in [-0.15, -0.1) is 0 Å². The molecule has 2 aliphatic rings. The Balaban J connectivity index is 1.91. The molecule has 1 aliphatic heterocycles. The van der Waals surface area contributed by atoms with Crippen molar-refractivity contribution < 1.29 is 14.7 Å². The van der Waals surface area contributed by atoms with Crippen molar-refractivity contribution in [2.24, 2.45) is 11.3 Å². The van der Waals surface area contributed by atoms with Gasteiger partial charge in [0, 0.05) is 19.0 Å². The minimum Gasteiger partial charge on any atom is -0.465 e. The van der Waals surface area contributed by atoms with Crippen LogP contribution in [0.15, 0.2) is 0 Å². The average molecular weight is 183 g/mol. The molecule has 4 nitrogen and oxygen atoms in total. The molecule has 1 amide bonds. The third kappa shape index (κ3) is 1.30. The zero-order valence-electron chi connectivity index (χ0n) is 7.40. The first-order chi connectivity index (χ1) is 6.18. The SMILES string of the molecule is O=C[C@@H]1CC12CCN(C(=O)O)CC2. The third-order valence-electron chi connectivity index (χ3n) is 3.45. The van der Waals surface area contributed by atoms with Crippen LogP contribution in [0.3, 0.4) is 0 Å². The summed E-state index contributed by atoms with van der Waals surface area (Å²) in [5.74, 6) is 0.212. The van der Waals surface area contributed by atoms with Crippen LogP contribution in [0, 0.1) is 11.3 Å². The smallest absolute Gasteiger partial charge is 0.407 e. The van der Waals surface area contributed by atoms with Gasteiger partial charge in [0.05, 0.1) is 0 Å². The first kappa shape index (κ1) is 8.53. The van der Waals surface area contributed by atoms with Gasteiger partial charge in [-0.2, -0.15) is 0 Å². The van der Waals surface area contributed by atoms with Crippen LogP contribution in [0.1, 0.15) is 19.3 Å². The molecule has 0 unspecified atom stereocenters. The number of nitrogens with zero attached hydrogens (tertiary/aromatic N) is 1. The molecule has 72 valence electrons. The second-order valence-corrected chi connectivity index (χ2v) is 4.08. The minimum atomic E-state index is -0.835. The molecule has 1 spiro atoms. The summed E-state index contributed by atoms with van der Waals surface area (Å²) >= 11 is 0. The Morgan fingerprint density at radius 2 is 2.08 bits per heavy atom. The molecule has 1 saturated carbocycles. The molecule has 1 N–H and O–H groups in total. The molecule has 13 heavy (non-hydrogen) atoms. The first-order valence-electron chi connectivity index (χ1n) is 4.61. The monoisotopic (exact) mass is 183 g/mol. The van der Waals surface area contributed by atoms with Crippen molar-refractivity contribution >= 4 is 12.4 Å². The van der Waals surface area contributed by atoms with Gasteiger partial charge < -0.3 is 14.8 Å². The van der Waals surface area contributed by atoms with E-state index in [1.54, 1.807) is 0 Å². The molecule has 2 rings (SSSR count). The number of aldehydes is 1. The highest BCUT2D eigenvalue weighted by Crippen LogP contribution is 2.58. The summed E-state index contributed by atoms with van der Waals surface area (Å²) in [5.41, 5.74) is 0.188. The Labute approximate surface area is 76.5 Å². The van der Waals surface area contributed by atoms with E-state index in [9.17, 15) is 9.59 Å². The van der Waals surface area contributed by atoms with Crippen molar-refractivity contribution in [3.8, 4) is 0 Å². The highest BCUT2D eigenvalue weighted by atomic mass is 16.4. The number of carbonyl (C=O) groups excluding carboxylic acids is 1. The van der Waals surface area contributed by atoms with E-state index in [0.717, 1.165) is 25.5 Å². The van der Waals surface area contributed by atoms with Gasteiger partial charge in [0.15, 0.2) is 0 Å². The van der Waals surface area contributed by atoms with Crippen LogP contribution in [-0.4, -0.2) is 35.5 Å². The summed E-state index contributed by atoms with van der Waals surface area (Å²) in [4.78, 5) is 22.6. The number of hydrogen-bond donors (Lipinski definition) is 1. The fraction of sp³-hybridized carbons (Fsp3) is 0.778. The molecule has 2 fully saturated rings. The maximum absolute atomic E-state index is 10.6. The Kier molecular flexibility index (Phi) is 1.78. The lowest BCUT2D eigenvalue weighted by atomic mass is 9.91. The van der Waals surface area contributed by atoms with Gasteiger partial charge in [0.25, 0.3) is 0 Å². The summed E-state index contributed by atoms with van der Waals surface area (Å²) in [6.45, 7) is 1.19. The van der Waals surface area contributed by atoms with E-state index >= 15 is 0 Å². The molecule has 0 aromatic rings. The van der Waals surface area contributed by atoms with Crippen molar-refractivity contribution in [1.82, 2.24) is 4.90 Å². The second-order valence-electron chi connectivity index (χ2n) is 4.08. The van der Waals surface area contributed by atoms with Crippen molar-refractivity contribution in [2.75, 3.05) is 13.1 Å². The largest absolute Gasteiger partial charge is 0.465 e. The maximum Gasteiger partial charge on any atom is 0.407 e. The quantitative estimate of drug-likeness (QED) is 0.616. The van der Waals surface area contributed by atoms with Crippen molar-refractivity contribution in [2.45, 2.75) is 19.3 Å². The highest BCUT2D eigenvalue weighted by molar-refractivity contribution is 5.65. The lowest BCUT2D eigenvalue weighted by molar-refractivity contribution is -0.109. The molecule has 0 bridgehead atoms. The molecule has 1 saturated heterocycles. The van der Waals surface area contributed by atoms with Gasteiger partial charge in [0.2, 0.25) is 0 Å². The van der Waals surface area contributed by atoms with Gasteiger partial charge in [-0.05, 0) is 24.7 Å². The van der Waals surface area contributed by atoms with Crippen LogP contribution in [0.4, 0.5) is 4.79 Å². The van der Waals surface area contributed by atoms with E-state index in [1.807, 2.05) is 0 Å². The van der Waals surface area contributed by atoms with E-state index < -0.39 is 6.09 Å². The van der Waals surface area contributed by atoms with Crippen LogP contribution in [-0.2, 0) is 4.79 Å². The molecule has 0 radical (unpaired) electrons. The Hall–Kier alpha value is -1.06. The summed E-state index contributed by atoms with van der Waals surface area (Å²) < 4.78 is 0. The molecular formula is C9H13NO3. The predicted molar refractivity (Wildman–Crippen MR) is 45.4 cm³/mol. The number of amides is 1. The first-order valence-corrected chi connectivity index (χ1v) is 4.61. The van der Waals surface area contributed by atoms with E-state index in [1.165, 1.54) is 4.90 Å². The topological polar surface area (TPSA) is 57.6 Å². The number of hydrogen-bond acceptors (Lipinski definition) is 2. The highest BCUT2D eigenvalue weighted by Gasteiger charge is 2.55. The normalized spacial score (nSPS) is 30.2. The fourth-order valence-electron chi connectivity index (χ4n) is 2.29. The number of likely N-dealkylation sites (tertiary alicyclic amines) is 1. The lowest BCUT2D eigenvalue weighted by Gasteiger charge is -2.30. The van der Waals surface area contributed by atoms with E-state index in [0.29, 0.717) is 13.1 Å². The summed E-state index contributed by atoms with van der Waals surface area (Å²) in [5, 5.41) is 8.71. The maximum atomic E-state index is 10.6. The molecule has 0 aromatic heterocycles. The Morgan fingerprint density at radius 1 is 1.46 bits per heavy atom. The summed E-state index contributed by atoms with van der Waals surface area (Å²) in [7, 11) is 0. The lowest BCUT2D eigenvalue weighted by Crippen LogP contribution is -2.38. The predicted octanol–water partition coefficient (Wildman–Crippen LogP) is 0.965. The second kappa shape index (κ2) is 2.72. The van der Waals surface area contributed by atoms with Crippen LogP contribution in [0.2, 0.25) is 0 Å². The van der Waals surface area contributed by atoms with Gasteiger partial charge in [-0.1, -0.05) is 0 Å². The molecule has 0 aromatic carbocycles. The zero-order valence-corrected chi connectivity index (χ0v) is 7.40. The van der Waals surface area contributed by atoms with Crippen LogP contribution >= 0.6 is 0 Å². The Bertz CT molecular complexity index is 243. The number of carbonyl (C=O) groups is 2. The van der Waals surface area contributed by atoms with Crippen molar-refractivity contribution in [3.05, 3.63) is 0 Å². The molecule has 1 aliphatic carbocycles. The standard InChI is InChI=1S/C9H13NO3/c11-6-7-5-9(7)1-3-10(4-2-9)8(12)13/h6-7H,1-5H2,(H,12,13)/t7-/m0/s1. The average Bonchev–Trinajstić information content (AvgIpc) is 2.80. The zero-order chi connectivity index (χ0) is 9.47. The van der Waals surface area contributed by atoms with Gasteiger partial charge in [0.1, 0.15) is 6.29 Å². The molecular weight excluding hydrogens is 170 g/mol. The van der Waals surface area contributed by atoms with E-state index in [4.69, 9.17) is 5.11 Å². The van der Waals surface area contributed by atoms with E-state index in [2.05, 4.69) is 0 Å². The Morgan fingerprint density at radius 3 is 2.46 bits per heavy atom. The number of carboxylic acid groups (broad SMARTS) is 1. The molecule has 1 heterocycles. The van der Waals surface area contributed by atoms with Crippen molar-refractivity contribution in [1.29, 1.82) is 0 Å². The van der Waals surface area contributed by atoms with E-state index in [-0.39, 0.29) is 11.3 Å². The third-order valence-corrected chi connectivity index (χ3v) is 3.45. The van der Waals surface area contributed by atoms with Crippen LogP contribution < -0.4 is 0 Å². The van der Waals surface area contributed by atoms with Crippen molar-refractivity contribution in [3.63, 3.8) is 0 Å². The van der Waals surface area contributed by atoms with Crippen LogP contribution in [0.5, 0.6) is 0 Å². The van der Waals surface area contributed by atoms with Gasteiger partial charge in [-0.25, -0.2) is 4.79 Å². The molecule has 1 atom stereocenters. The summed E-state index contributed by atoms with van der Waals surface area (Å²) in [6, 6.07) is 0. The number of piperidine rings is 1. The fourth-order valence-corrected chi connectivity index (χ4v) is 2.29. The molecule has 4 heteroatoms.